The summed E-state index contributed by atoms with van der Waals surface area (Å²) in [5.41, 5.74) is 22.3. The first-order valence-corrected chi connectivity index (χ1v) is 23.0. The van der Waals surface area contributed by atoms with Crippen LogP contribution in [0.1, 0.15) is 47.2 Å². The lowest BCUT2D eigenvalue weighted by Crippen LogP contribution is -2.40. The van der Waals surface area contributed by atoms with Gasteiger partial charge in [0, 0.05) is 38.8 Å². The van der Waals surface area contributed by atoms with Crippen LogP contribution in [-0.2, 0) is 10.8 Å². The third-order valence-electron chi connectivity index (χ3n) is 14.6. The van der Waals surface area contributed by atoms with Gasteiger partial charge in [-0.3, -0.25) is 0 Å². The number of rotatable bonds is 6. The van der Waals surface area contributed by atoms with Gasteiger partial charge in [-0.2, -0.15) is 0 Å². The van der Waals surface area contributed by atoms with Gasteiger partial charge in [0.05, 0.1) is 5.41 Å². The molecule has 13 rings (SSSR count). The topological polar surface area (TPSA) is 16.4 Å². The Labute approximate surface area is 385 Å². The zero-order valence-corrected chi connectivity index (χ0v) is 36.9. The summed E-state index contributed by atoms with van der Waals surface area (Å²) in [6.07, 6.45) is 0. The van der Waals surface area contributed by atoms with E-state index in [1.807, 2.05) is 12.1 Å². The van der Waals surface area contributed by atoms with E-state index in [4.69, 9.17) is 4.42 Å². The Kier molecular flexibility index (Phi) is 8.51. The zero-order valence-electron chi connectivity index (χ0n) is 36.9. The van der Waals surface area contributed by atoms with Crippen molar-refractivity contribution in [1.82, 2.24) is 0 Å². The summed E-state index contributed by atoms with van der Waals surface area (Å²) in [5, 5.41) is 2.27. The molecule has 2 nitrogen and oxygen atoms in total. The maximum Gasteiger partial charge on any atom is 0.143 e. The van der Waals surface area contributed by atoms with Crippen molar-refractivity contribution in [3.05, 3.63) is 270 Å². The van der Waals surface area contributed by atoms with Crippen LogP contribution >= 0.6 is 0 Å². The minimum atomic E-state index is -0.435. The molecule has 1 spiro atoms. The SMILES string of the molecule is CC1(C)c2ccccc2C2(c3ccccc3-c3c(-c4ccc(N(c5ccc(-c6ccccc6)cc5)c5ccc(-c6cccc7c6oc6ccccc67)cc5)cc4)cccc32)c2ccccc21. The van der Waals surface area contributed by atoms with Crippen molar-refractivity contribution in [1.29, 1.82) is 0 Å². The number of hydrogen-bond acceptors (Lipinski definition) is 2. The van der Waals surface area contributed by atoms with E-state index in [0.717, 1.165) is 50.1 Å². The molecule has 0 radical (unpaired) electrons. The first-order valence-electron chi connectivity index (χ1n) is 23.0. The van der Waals surface area contributed by atoms with E-state index in [1.165, 1.54) is 66.8 Å². The summed E-state index contributed by atoms with van der Waals surface area (Å²) in [5.74, 6) is 0. The van der Waals surface area contributed by atoms with Crippen LogP contribution in [0.25, 0.3) is 66.4 Å². The van der Waals surface area contributed by atoms with E-state index < -0.39 is 5.41 Å². The number of anilines is 3. The highest BCUT2D eigenvalue weighted by molar-refractivity contribution is 6.09. The molecule has 0 saturated carbocycles. The number of nitrogens with zero attached hydrogens (tertiary/aromatic N) is 1. The fourth-order valence-electron chi connectivity index (χ4n) is 11.6. The monoisotopic (exact) mass is 843 g/mol. The van der Waals surface area contributed by atoms with Crippen molar-refractivity contribution in [2.24, 2.45) is 0 Å². The minimum Gasteiger partial charge on any atom is -0.455 e. The molecule has 0 saturated heterocycles. The molecule has 0 bridgehead atoms. The van der Waals surface area contributed by atoms with Crippen LogP contribution in [0.5, 0.6) is 0 Å². The second kappa shape index (κ2) is 14.7. The molecule has 0 aliphatic heterocycles. The van der Waals surface area contributed by atoms with E-state index >= 15 is 0 Å². The first kappa shape index (κ1) is 38.3. The van der Waals surface area contributed by atoms with Gasteiger partial charge in [0.25, 0.3) is 0 Å². The molecule has 10 aromatic carbocycles. The van der Waals surface area contributed by atoms with Gasteiger partial charge in [0.15, 0.2) is 0 Å². The van der Waals surface area contributed by atoms with Crippen LogP contribution < -0.4 is 4.90 Å². The molecule has 66 heavy (non-hydrogen) atoms. The van der Waals surface area contributed by atoms with Crippen LogP contribution in [0, 0.1) is 0 Å². The molecule has 11 aromatic rings. The third-order valence-corrected chi connectivity index (χ3v) is 14.6. The molecule has 2 aliphatic carbocycles. The summed E-state index contributed by atoms with van der Waals surface area (Å²) in [6.45, 7) is 4.77. The molecular weight excluding hydrogens is 799 g/mol. The predicted molar refractivity (Wildman–Crippen MR) is 274 cm³/mol. The van der Waals surface area contributed by atoms with E-state index in [-0.39, 0.29) is 5.41 Å². The molecule has 2 heteroatoms. The second-order valence-electron chi connectivity index (χ2n) is 18.4. The van der Waals surface area contributed by atoms with E-state index in [2.05, 4.69) is 243 Å². The highest BCUT2D eigenvalue weighted by Gasteiger charge is 2.53. The average molecular weight is 844 g/mol. The molecule has 0 N–H and O–H groups in total. The van der Waals surface area contributed by atoms with E-state index in [0.29, 0.717) is 0 Å². The number of furan rings is 1. The average Bonchev–Trinajstić information content (AvgIpc) is 3.91. The van der Waals surface area contributed by atoms with Gasteiger partial charge in [0.2, 0.25) is 0 Å². The molecule has 2 aliphatic rings. The smallest absolute Gasteiger partial charge is 0.143 e. The van der Waals surface area contributed by atoms with Gasteiger partial charge < -0.3 is 9.32 Å². The molecule has 0 unspecified atom stereocenters. The largest absolute Gasteiger partial charge is 0.455 e. The summed E-state index contributed by atoms with van der Waals surface area (Å²) in [4.78, 5) is 2.36. The number of hydrogen-bond donors (Lipinski definition) is 0. The maximum atomic E-state index is 6.46. The van der Waals surface area contributed by atoms with Gasteiger partial charge in [-0.25, -0.2) is 0 Å². The van der Waals surface area contributed by atoms with Crippen LogP contribution in [0.2, 0.25) is 0 Å². The van der Waals surface area contributed by atoms with Gasteiger partial charge in [-0.05, 0) is 115 Å². The molecule has 1 heterocycles. The lowest BCUT2D eigenvalue weighted by Gasteiger charge is -2.46. The quantitative estimate of drug-likeness (QED) is 0.166. The Morgan fingerprint density at radius 1 is 0.318 bits per heavy atom. The molecular formula is C64H45NO. The molecule has 0 atom stereocenters. The van der Waals surface area contributed by atoms with Crippen molar-refractivity contribution >= 4 is 39.0 Å². The van der Waals surface area contributed by atoms with Gasteiger partial charge >= 0.3 is 0 Å². The first-order chi connectivity index (χ1) is 32.5. The Morgan fingerprint density at radius 3 is 1.41 bits per heavy atom. The van der Waals surface area contributed by atoms with Gasteiger partial charge in [-0.15, -0.1) is 0 Å². The Balaban J connectivity index is 0.937. The lowest BCUT2D eigenvalue weighted by molar-refractivity contribution is 0.563. The predicted octanol–water partition coefficient (Wildman–Crippen LogP) is 17.1. The van der Waals surface area contributed by atoms with Crippen molar-refractivity contribution in [3.63, 3.8) is 0 Å². The van der Waals surface area contributed by atoms with Crippen LogP contribution in [-0.4, -0.2) is 0 Å². The Hall–Kier alpha value is -8.20. The maximum absolute atomic E-state index is 6.46. The molecule has 0 amide bonds. The van der Waals surface area contributed by atoms with Crippen molar-refractivity contribution in [2.75, 3.05) is 4.90 Å². The van der Waals surface area contributed by atoms with E-state index in [1.54, 1.807) is 0 Å². The van der Waals surface area contributed by atoms with Crippen molar-refractivity contribution in [2.45, 2.75) is 24.7 Å². The van der Waals surface area contributed by atoms with E-state index in [9.17, 15) is 0 Å². The van der Waals surface area contributed by atoms with Crippen molar-refractivity contribution in [3.8, 4) is 44.5 Å². The molecule has 1 aromatic heterocycles. The van der Waals surface area contributed by atoms with Crippen LogP contribution in [0.4, 0.5) is 17.1 Å². The van der Waals surface area contributed by atoms with Crippen LogP contribution in [0.15, 0.2) is 241 Å². The summed E-state index contributed by atoms with van der Waals surface area (Å²) < 4.78 is 6.46. The Morgan fingerprint density at radius 2 is 0.758 bits per heavy atom. The summed E-state index contributed by atoms with van der Waals surface area (Å²) in [7, 11) is 0. The highest BCUT2D eigenvalue weighted by atomic mass is 16.3. The normalized spacial score (nSPS) is 13.8. The second-order valence-corrected chi connectivity index (χ2v) is 18.4. The van der Waals surface area contributed by atoms with Crippen molar-refractivity contribution < 1.29 is 4.42 Å². The zero-order chi connectivity index (χ0) is 44.0. The number of para-hydroxylation sites is 2. The van der Waals surface area contributed by atoms with Gasteiger partial charge in [0.1, 0.15) is 11.2 Å². The Bertz CT molecular complexity index is 3600. The summed E-state index contributed by atoms with van der Waals surface area (Å²) >= 11 is 0. The lowest BCUT2D eigenvalue weighted by atomic mass is 9.55. The highest BCUT2D eigenvalue weighted by Crippen LogP contribution is 2.63. The number of benzene rings is 10. The molecule has 0 fully saturated rings. The number of fused-ring (bicyclic) bond motifs is 12. The van der Waals surface area contributed by atoms with Crippen LogP contribution in [0.3, 0.4) is 0 Å². The third kappa shape index (κ3) is 5.55. The minimum absolute atomic E-state index is 0.139. The fraction of sp³-hybridized carbons (Fsp3) is 0.0625. The fourth-order valence-corrected chi connectivity index (χ4v) is 11.6. The van der Waals surface area contributed by atoms with Gasteiger partial charge in [-0.1, -0.05) is 208 Å². The standard InChI is InChI=1S/C64H45NO/c1-63(2)55-24-9-11-26-57(55)64(58-27-12-10-25-56(58)63)54-23-8-6-19-53(54)61-49(20-15-28-59(61)64)44-32-38-47(39-33-44)65(46-36-30-43(31-37-46)42-16-4-3-5-17-42)48-40-34-45(35-41-48)50-21-14-22-52-51-18-7-13-29-60(51)66-62(50)52/h3-41H,1-2H3. The summed E-state index contributed by atoms with van der Waals surface area (Å²) in [6, 6.07) is 86.8. The molecule has 312 valence electrons.